The largest absolute Gasteiger partial charge is 0.476 e. The van der Waals surface area contributed by atoms with Gasteiger partial charge >= 0.3 is 5.97 Å². The van der Waals surface area contributed by atoms with Crippen molar-refractivity contribution in [3.8, 4) is 0 Å². The zero-order valence-corrected chi connectivity index (χ0v) is 10.9. The average Bonchev–Trinajstić information content (AvgIpc) is 2.71. The molecule has 0 spiro atoms. The molecule has 0 saturated carbocycles. The minimum atomic E-state index is -1.05. The van der Waals surface area contributed by atoms with Gasteiger partial charge in [0.25, 0.3) is 0 Å². The van der Waals surface area contributed by atoms with Gasteiger partial charge in [-0.25, -0.2) is 4.79 Å². The van der Waals surface area contributed by atoms with Gasteiger partial charge in [-0.1, -0.05) is 6.92 Å². The van der Waals surface area contributed by atoms with E-state index in [1.807, 2.05) is 0 Å². The lowest BCUT2D eigenvalue weighted by atomic mass is 10.1. The molecule has 0 aromatic carbocycles. The van der Waals surface area contributed by atoms with E-state index in [2.05, 4.69) is 41.0 Å². The lowest BCUT2D eigenvalue weighted by Gasteiger charge is -2.22. The van der Waals surface area contributed by atoms with Crippen LogP contribution in [-0.4, -0.2) is 59.4 Å². The molecule has 1 aliphatic rings. The van der Waals surface area contributed by atoms with Crippen molar-refractivity contribution in [3.05, 3.63) is 17.8 Å². The lowest BCUT2D eigenvalue weighted by molar-refractivity contribution is 0.0689. The van der Waals surface area contributed by atoms with E-state index in [4.69, 9.17) is 5.11 Å². The second-order valence-corrected chi connectivity index (χ2v) is 5.00. The summed E-state index contributed by atoms with van der Waals surface area (Å²) in [6.07, 6.45) is 0. The molecule has 2 unspecified atom stereocenters. The molecule has 1 fully saturated rings. The maximum atomic E-state index is 10.7. The molecule has 1 saturated heterocycles. The van der Waals surface area contributed by atoms with Gasteiger partial charge in [-0.3, -0.25) is 0 Å². The quantitative estimate of drug-likeness (QED) is 0.845. The van der Waals surface area contributed by atoms with Gasteiger partial charge < -0.3 is 14.9 Å². The molecule has 2 atom stereocenters. The van der Waals surface area contributed by atoms with Gasteiger partial charge in [0, 0.05) is 19.1 Å². The van der Waals surface area contributed by atoms with E-state index in [1.54, 1.807) is 6.07 Å². The van der Waals surface area contributed by atoms with Crippen molar-refractivity contribution in [2.75, 3.05) is 32.1 Å². The number of rotatable bonds is 3. The summed E-state index contributed by atoms with van der Waals surface area (Å²) in [6, 6.07) is 3.71. The van der Waals surface area contributed by atoms with Crippen LogP contribution >= 0.6 is 0 Å². The standard InChI is InChI=1S/C12H18N4O2/c1-8-6-16(7-10(8)15(2)3)11-5-4-9(12(17)18)13-14-11/h4-5,8,10H,6-7H2,1-3H3,(H,17,18). The summed E-state index contributed by atoms with van der Waals surface area (Å²) in [6.45, 7) is 4.03. The molecule has 6 nitrogen and oxygen atoms in total. The van der Waals surface area contributed by atoms with E-state index < -0.39 is 5.97 Å². The van der Waals surface area contributed by atoms with Crippen molar-refractivity contribution in [2.24, 2.45) is 5.92 Å². The van der Waals surface area contributed by atoms with Crippen LogP contribution in [0.15, 0.2) is 12.1 Å². The number of likely N-dealkylation sites (N-methyl/N-ethyl adjacent to an activating group) is 1. The number of carboxylic acid groups (broad SMARTS) is 1. The second kappa shape index (κ2) is 4.89. The predicted molar refractivity (Wildman–Crippen MR) is 67.8 cm³/mol. The fraction of sp³-hybridized carbons (Fsp3) is 0.583. The van der Waals surface area contributed by atoms with Crippen LogP contribution in [0.5, 0.6) is 0 Å². The molecule has 1 aromatic heterocycles. The van der Waals surface area contributed by atoms with E-state index in [-0.39, 0.29) is 5.69 Å². The van der Waals surface area contributed by atoms with Gasteiger partial charge in [-0.15, -0.1) is 10.2 Å². The van der Waals surface area contributed by atoms with Crippen molar-refractivity contribution in [1.29, 1.82) is 0 Å². The monoisotopic (exact) mass is 250 g/mol. The first kappa shape index (κ1) is 12.8. The average molecular weight is 250 g/mol. The molecule has 2 heterocycles. The Morgan fingerprint density at radius 2 is 2.11 bits per heavy atom. The number of hydrogen-bond donors (Lipinski definition) is 1. The van der Waals surface area contributed by atoms with Crippen LogP contribution in [0.2, 0.25) is 0 Å². The summed E-state index contributed by atoms with van der Waals surface area (Å²) in [5.41, 5.74) is -0.0184. The van der Waals surface area contributed by atoms with Gasteiger partial charge in [-0.2, -0.15) is 0 Å². The highest BCUT2D eigenvalue weighted by Crippen LogP contribution is 2.24. The van der Waals surface area contributed by atoms with Crippen LogP contribution in [-0.2, 0) is 0 Å². The zero-order chi connectivity index (χ0) is 13.3. The Balaban J connectivity index is 2.11. The van der Waals surface area contributed by atoms with Crippen molar-refractivity contribution in [1.82, 2.24) is 15.1 Å². The van der Waals surface area contributed by atoms with Crippen LogP contribution in [0, 0.1) is 5.92 Å². The highest BCUT2D eigenvalue weighted by atomic mass is 16.4. The Bertz CT molecular complexity index is 432. The van der Waals surface area contributed by atoms with E-state index in [1.165, 1.54) is 6.07 Å². The first-order chi connectivity index (χ1) is 8.49. The van der Waals surface area contributed by atoms with E-state index in [0.717, 1.165) is 18.9 Å². The number of hydrogen-bond acceptors (Lipinski definition) is 5. The normalized spacial score (nSPS) is 23.7. The SMILES string of the molecule is CC1CN(c2ccc(C(=O)O)nn2)CC1N(C)C. The summed E-state index contributed by atoms with van der Waals surface area (Å²) in [4.78, 5) is 15.1. The molecule has 18 heavy (non-hydrogen) atoms. The highest BCUT2D eigenvalue weighted by Gasteiger charge is 2.31. The van der Waals surface area contributed by atoms with Gasteiger partial charge in [0.15, 0.2) is 11.5 Å². The third kappa shape index (κ3) is 2.43. The Morgan fingerprint density at radius 3 is 2.56 bits per heavy atom. The van der Waals surface area contributed by atoms with Crippen LogP contribution in [0.25, 0.3) is 0 Å². The molecule has 98 valence electrons. The first-order valence-corrected chi connectivity index (χ1v) is 5.97. The summed E-state index contributed by atoms with van der Waals surface area (Å²) < 4.78 is 0. The Morgan fingerprint density at radius 1 is 1.39 bits per heavy atom. The maximum Gasteiger partial charge on any atom is 0.356 e. The van der Waals surface area contributed by atoms with E-state index >= 15 is 0 Å². The fourth-order valence-electron chi connectivity index (χ4n) is 2.42. The van der Waals surface area contributed by atoms with Crippen molar-refractivity contribution in [3.63, 3.8) is 0 Å². The molecule has 1 aromatic rings. The zero-order valence-electron chi connectivity index (χ0n) is 10.9. The summed E-state index contributed by atoms with van der Waals surface area (Å²) in [5, 5.41) is 16.5. The second-order valence-electron chi connectivity index (χ2n) is 5.00. The van der Waals surface area contributed by atoms with Crippen LogP contribution in [0.4, 0.5) is 5.82 Å². The number of nitrogens with zero attached hydrogens (tertiary/aromatic N) is 4. The van der Waals surface area contributed by atoms with Gasteiger partial charge in [-0.05, 0) is 32.1 Å². The Kier molecular flexibility index (Phi) is 3.47. The predicted octanol–water partition coefficient (Wildman–Crippen LogP) is 0.561. The highest BCUT2D eigenvalue weighted by molar-refractivity contribution is 5.85. The Hall–Kier alpha value is -1.69. The van der Waals surface area contributed by atoms with Crippen LogP contribution < -0.4 is 4.90 Å². The fourth-order valence-corrected chi connectivity index (χ4v) is 2.42. The smallest absolute Gasteiger partial charge is 0.356 e. The molecule has 6 heteroatoms. The van der Waals surface area contributed by atoms with Gasteiger partial charge in [0.1, 0.15) is 0 Å². The molecular weight excluding hydrogens is 232 g/mol. The van der Waals surface area contributed by atoms with E-state index in [0.29, 0.717) is 12.0 Å². The molecule has 1 aliphatic heterocycles. The summed E-state index contributed by atoms with van der Waals surface area (Å²) in [5.74, 6) is 0.257. The van der Waals surface area contributed by atoms with Crippen molar-refractivity contribution < 1.29 is 9.90 Å². The minimum absolute atomic E-state index is 0.0184. The number of carbonyl (C=O) groups is 1. The maximum absolute atomic E-state index is 10.7. The number of aromatic nitrogens is 2. The third-order valence-electron chi connectivity index (χ3n) is 3.43. The molecule has 0 bridgehead atoms. The van der Waals surface area contributed by atoms with Crippen molar-refractivity contribution in [2.45, 2.75) is 13.0 Å². The molecule has 2 rings (SSSR count). The van der Waals surface area contributed by atoms with Gasteiger partial charge in [0.05, 0.1) is 0 Å². The molecule has 0 amide bonds. The van der Waals surface area contributed by atoms with Crippen molar-refractivity contribution >= 4 is 11.8 Å². The minimum Gasteiger partial charge on any atom is -0.476 e. The summed E-state index contributed by atoms with van der Waals surface area (Å²) in [7, 11) is 4.15. The Labute approximate surface area is 106 Å². The number of aromatic carboxylic acids is 1. The van der Waals surface area contributed by atoms with Gasteiger partial charge in [0.2, 0.25) is 0 Å². The molecule has 0 aliphatic carbocycles. The van der Waals surface area contributed by atoms with Crippen LogP contribution in [0.3, 0.4) is 0 Å². The third-order valence-corrected chi connectivity index (χ3v) is 3.43. The first-order valence-electron chi connectivity index (χ1n) is 5.97. The van der Waals surface area contributed by atoms with E-state index in [9.17, 15) is 4.79 Å². The number of carboxylic acids is 1. The number of anilines is 1. The van der Waals surface area contributed by atoms with Crippen LogP contribution in [0.1, 0.15) is 17.4 Å². The lowest BCUT2D eigenvalue weighted by Crippen LogP contribution is -2.34. The molecule has 1 N–H and O–H groups in total. The summed E-state index contributed by atoms with van der Waals surface area (Å²) >= 11 is 0. The molecule has 0 radical (unpaired) electrons. The topological polar surface area (TPSA) is 69.6 Å². The molecular formula is C12H18N4O2.